The number of rotatable bonds is 6. The van der Waals surface area contributed by atoms with E-state index >= 15 is 0 Å². The number of carbonyl (C=O) groups is 5. The van der Waals surface area contributed by atoms with E-state index in [1.54, 1.807) is 24.3 Å². The van der Waals surface area contributed by atoms with Crippen LogP contribution in [0.15, 0.2) is 24.3 Å². The smallest absolute Gasteiger partial charge is 0.329 e. The third-order valence-corrected chi connectivity index (χ3v) is 6.61. The molecule has 2 bridgehead atoms. The molecule has 1 aromatic rings. The Kier molecular flexibility index (Phi) is 5.17. The fourth-order valence-corrected chi connectivity index (χ4v) is 5.16. The number of fused-ring (bicyclic) bond motifs is 5. The minimum absolute atomic E-state index is 0.0843. The summed E-state index contributed by atoms with van der Waals surface area (Å²) in [4.78, 5) is 62.4. The molecule has 0 radical (unpaired) electrons. The van der Waals surface area contributed by atoms with E-state index in [1.807, 2.05) is 0 Å². The van der Waals surface area contributed by atoms with Crippen molar-refractivity contribution in [2.75, 3.05) is 11.9 Å². The van der Waals surface area contributed by atoms with Gasteiger partial charge in [-0.3, -0.25) is 24.1 Å². The molecular weight excluding hydrogens is 388 g/mol. The fraction of sp³-hybridized carbons (Fsp3) is 0.500. The summed E-state index contributed by atoms with van der Waals surface area (Å²) in [5.74, 6) is -2.10. The van der Waals surface area contributed by atoms with Crippen molar-refractivity contribution in [2.45, 2.75) is 39.2 Å². The SMILES string of the molecule is CC(=O)c1ccc(NC(=O)COC(=O)[C@@H](C)N2C(=O)[C@@H]3[C@@H]4CC[C@@H](C4)[C@@H]3C2=O)cc1. The molecule has 30 heavy (non-hydrogen) atoms. The molecule has 5 atom stereocenters. The van der Waals surface area contributed by atoms with Crippen LogP contribution in [0.5, 0.6) is 0 Å². The first kappa shape index (κ1) is 20.3. The number of ether oxygens (including phenoxy) is 1. The third kappa shape index (κ3) is 3.40. The zero-order valence-electron chi connectivity index (χ0n) is 16.9. The number of hydrogen-bond donors (Lipinski definition) is 1. The maximum absolute atomic E-state index is 12.8. The number of imide groups is 1. The Labute approximate surface area is 173 Å². The van der Waals surface area contributed by atoms with Gasteiger partial charge in [-0.15, -0.1) is 0 Å². The molecule has 1 N–H and O–H groups in total. The minimum Gasteiger partial charge on any atom is -0.454 e. The number of Topliss-reactive ketones (excluding diaryl/α,β-unsaturated/α-hetero) is 1. The molecule has 3 amide bonds. The van der Waals surface area contributed by atoms with Gasteiger partial charge in [0, 0.05) is 11.3 Å². The second-order valence-corrected chi connectivity index (χ2v) is 8.40. The molecule has 1 saturated heterocycles. The van der Waals surface area contributed by atoms with Crippen LogP contribution in [0, 0.1) is 23.7 Å². The van der Waals surface area contributed by atoms with E-state index in [1.165, 1.54) is 13.8 Å². The van der Waals surface area contributed by atoms with Gasteiger partial charge in [-0.2, -0.15) is 0 Å². The van der Waals surface area contributed by atoms with Crippen LogP contribution in [0.1, 0.15) is 43.5 Å². The molecular formula is C22H24N2O6. The summed E-state index contributed by atoms with van der Waals surface area (Å²) in [5.41, 5.74) is 0.980. The summed E-state index contributed by atoms with van der Waals surface area (Å²) in [7, 11) is 0. The normalized spacial score (nSPS) is 27.7. The Balaban J connectivity index is 1.31. The average molecular weight is 412 g/mol. The third-order valence-electron chi connectivity index (χ3n) is 6.61. The van der Waals surface area contributed by atoms with E-state index in [9.17, 15) is 24.0 Å². The Morgan fingerprint density at radius 2 is 1.63 bits per heavy atom. The van der Waals surface area contributed by atoms with Crippen LogP contribution < -0.4 is 5.32 Å². The Bertz CT molecular complexity index is 896. The van der Waals surface area contributed by atoms with Gasteiger partial charge in [0.25, 0.3) is 5.91 Å². The van der Waals surface area contributed by atoms with Crippen molar-refractivity contribution >= 4 is 35.2 Å². The summed E-state index contributed by atoms with van der Waals surface area (Å²) < 4.78 is 5.05. The largest absolute Gasteiger partial charge is 0.454 e. The average Bonchev–Trinajstić information content (AvgIpc) is 3.40. The maximum Gasteiger partial charge on any atom is 0.329 e. The van der Waals surface area contributed by atoms with E-state index < -0.39 is 24.5 Å². The summed E-state index contributed by atoms with van der Waals surface area (Å²) in [6, 6.07) is 5.26. The molecule has 0 unspecified atom stereocenters. The summed E-state index contributed by atoms with van der Waals surface area (Å²) in [5, 5.41) is 2.57. The molecule has 3 aliphatic rings. The lowest BCUT2D eigenvalue weighted by atomic mass is 9.81. The maximum atomic E-state index is 12.8. The molecule has 0 aromatic heterocycles. The first-order valence-electron chi connectivity index (χ1n) is 10.2. The van der Waals surface area contributed by atoms with Gasteiger partial charge in [-0.05, 0) is 69.2 Å². The van der Waals surface area contributed by atoms with E-state index in [0.717, 1.165) is 24.2 Å². The number of benzene rings is 1. The fourth-order valence-electron chi connectivity index (χ4n) is 5.16. The van der Waals surface area contributed by atoms with Crippen molar-refractivity contribution in [3.05, 3.63) is 29.8 Å². The summed E-state index contributed by atoms with van der Waals surface area (Å²) in [6.45, 7) is 2.37. The number of carbonyl (C=O) groups excluding carboxylic acids is 5. The summed E-state index contributed by atoms with van der Waals surface area (Å²) >= 11 is 0. The van der Waals surface area contributed by atoms with Gasteiger partial charge in [-0.1, -0.05) is 0 Å². The van der Waals surface area contributed by atoms with Crippen molar-refractivity contribution in [1.29, 1.82) is 0 Å². The molecule has 158 valence electrons. The first-order chi connectivity index (χ1) is 14.3. The number of amides is 3. The first-order valence-corrected chi connectivity index (χ1v) is 10.2. The monoisotopic (exact) mass is 412 g/mol. The number of nitrogens with zero attached hydrogens (tertiary/aromatic N) is 1. The lowest BCUT2D eigenvalue weighted by Crippen LogP contribution is -2.45. The van der Waals surface area contributed by atoms with Crippen LogP contribution in [0.4, 0.5) is 5.69 Å². The topological polar surface area (TPSA) is 110 Å². The molecule has 8 nitrogen and oxygen atoms in total. The van der Waals surface area contributed by atoms with Crippen molar-refractivity contribution in [3.8, 4) is 0 Å². The molecule has 4 rings (SSSR count). The van der Waals surface area contributed by atoms with Gasteiger partial charge in [0.15, 0.2) is 12.4 Å². The Morgan fingerprint density at radius 1 is 1.07 bits per heavy atom. The van der Waals surface area contributed by atoms with Gasteiger partial charge in [0.05, 0.1) is 11.8 Å². The number of esters is 1. The highest BCUT2D eigenvalue weighted by molar-refractivity contribution is 6.08. The molecule has 0 spiro atoms. The van der Waals surface area contributed by atoms with Gasteiger partial charge in [0.1, 0.15) is 6.04 Å². The number of hydrogen-bond acceptors (Lipinski definition) is 6. The second kappa shape index (κ2) is 7.66. The number of ketones is 1. The van der Waals surface area contributed by atoms with Crippen molar-refractivity contribution in [2.24, 2.45) is 23.7 Å². The number of likely N-dealkylation sites (tertiary alicyclic amines) is 1. The predicted molar refractivity (Wildman–Crippen MR) is 105 cm³/mol. The van der Waals surface area contributed by atoms with Crippen LogP contribution in [-0.2, 0) is 23.9 Å². The lowest BCUT2D eigenvalue weighted by molar-refractivity contribution is -0.159. The van der Waals surface area contributed by atoms with Crippen molar-refractivity contribution in [1.82, 2.24) is 4.90 Å². The highest BCUT2D eigenvalue weighted by Gasteiger charge is 2.62. The standard InChI is InChI=1S/C22H24N2O6/c1-11(24-20(27)18-14-3-4-15(9-14)19(18)21(24)28)22(29)30-10-17(26)23-16-7-5-13(6-8-16)12(2)25/h5-8,11,14-15,18-19H,3-4,9-10H2,1-2H3,(H,23,26)/t11-,14-,15+,18-,19+/m1/s1. The zero-order chi connectivity index (χ0) is 21.6. The van der Waals surface area contributed by atoms with Crippen molar-refractivity contribution < 1.29 is 28.7 Å². The van der Waals surface area contributed by atoms with Crippen LogP contribution in [-0.4, -0.2) is 47.0 Å². The quantitative estimate of drug-likeness (QED) is 0.433. The Morgan fingerprint density at radius 3 is 2.17 bits per heavy atom. The number of nitrogens with one attached hydrogen (secondary N) is 1. The molecule has 1 aromatic carbocycles. The molecule has 2 saturated carbocycles. The molecule has 3 fully saturated rings. The molecule has 1 aliphatic heterocycles. The number of anilines is 1. The van der Waals surface area contributed by atoms with Crippen molar-refractivity contribution in [3.63, 3.8) is 0 Å². The molecule has 8 heteroatoms. The van der Waals surface area contributed by atoms with E-state index in [-0.39, 0.29) is 41.3 Å². The van der Waals surface area contributed by atoms with Gasteiger partial charge in [-0.25, -0.2) is 4.79 Å². The van der Waals surface area contributed by atoms with E-state index in [0.29, 0.717) is 11.3 Å². The zero-order valence-corrected chi connectivity index (χ0v) is 16.9. The predicted octanol–water partition coefficient (Wildman–Crippen LogP) is 1.79. The lowest BCUT2D eigenvalue weighted by Gasteiger charge is -2.23. The minimum atomic E-state index is -1.06. The van der Waals surface area contributed by atoms with Crippen LogP contribution in [0.3, 0.4) is 0 Å². The van der Waals surface area contributed by atoms with Crippen LogP contribution in [0.2, 0.25) is 0 Å². The summed E-state index contributed by atoms with van der Waals surface area (Å²) in [6.07, 6.45) is 2.85. The Hall–Kier alpha value is -3.03. The van der Waals surface area contributed by atoms with E-state index in [2.05, 4.69) is 5.32 Å². The van der Waals surface area contributed by atoms with Gasteiger partial charge >= 0.3 is 5.97 Å². The van der Waals surface area contributed by atoms with Gasteiger partial charge in [0.2, 0.25) is 11.8 Å². The highest BCUT2D eigenvalue weighted by Crippen LogP contribution is 2.56. The second-order valence-electron chi connectivity index (χ2n) is 8.40. The van der Waals surface area contributed by atoms with Crippen LogP contribution >= 0.6 is 0 Å². The highest BCUT2D eigenvalue weighted by atomic mass is 16.5. The van der Waals surface area contributed by atoms with Crippen LogP contribution in [0.25, 0.3) is 0 Å². The molecule has 1 heterocycles. The van der Waals surface area contributed by atoms with Gasteiger partial charge < -0.3 is 10.1 Å². The molecule has 2 aliphatic carbocycles. The van der Waals surface area contributed by atoms with E-state index in [4.69, 9.17) is 4.74 Å².